The maximum absolute atomic E-state index is 13.1. The van der Waals surface area contributed by atoms with Crippen molar-refractivity contribution in [2.75, 3.05) is 43.5 Å². The first-order valence-electron chi connectivity index (χ1n) is 29.1. The summed E-state index contributed by atoms with van der Waals surface area (Å²) in [6.07, 6.45) is 0.719. The van der Waals surface area contributed by atoms with Crippen LogP contribution in [-0.4, -0.2) is 126 Å². The van der Waals surface area contributed by atoms with E-state index in [9.17, 15) is 87.8 Å². The minimum absolute atomic E-state index is 0.00473. The largest absolute Gasteiger partial charge is 0.507 e. The number of azo groups is 5. The van der Waals surface area contributed by atoms with Crippen molar-refractivity contribution in [1.29, 1.82) is 0 Å². The number of nitrogens with one attached hydrogen (secondary N) is 2. The Morgan fingerprint density at radius 2 is 0.990 bits per heavy atom. The molecule has 0 amide bonds. The smallest absolute Gasteiger partial charge is 0.296 e. The highest BCUT2D eigenvalue weighted by Gasteiger charge is 2.26. The number of anilines is 2. The molecule has 103 heavy (non-hydrogen) atoms. The Hall–Kier alpha value is -10.1. The molecule has 37 nitrogen and oxygen atoms in total. The lowest BCUT2D eigenvalue weighted by atomic mass is 10.0. The Morgan fingerprint density at radius 1 is 0.447 bits per heavy atom. The predicted molar refractivity (Wildman–Crippen MR) is 368 cm³/mol. The first-order chi connectivity index (χ1) is 48.9. The highest BCUT2D eigenvalue weighted by atomic mass is 32.2. The first-order valence-corrected chi connectivity index (χ1v) is 36.3. The zero-order chi connectivity index (χ0) is 74.3. The summed E-state index contributed by atoms with van der Waals surface area (Å²) < 4.78 is 154. The number of phenols is 4. The average molecular weight is 1530 g/mol. The van der Waals surface area contributed by atoms with Crippen molar-refractivity contribution in [1.82, 2.24) is 0 Å². The number of hydrogen-bond acceptors (Lipinski definition) is 35. The summed E-state index contributed by atoms with van der Waals surface area (Å²) in [5.74, 6) is -2.88. The Bertz CT molecular complexity index is 5680. The minimum Gasteiger partial charge on any atom is -0.507 e. The number of aliphatic hydroxyl groups excluding tert-OH is 2. The molecular weight excluding hydrogens is 1480 g/mol. The van der Waals surface area contributed by atoms with Crippen molar-refractivity contribution < 1.29 is 117 Å². The minimum atomic E-state index is -5.27. The van der Waals surface area contributed by atoms with Crippen molar-refractivity contribution in [2.45, 2.75) is 49.6 Å². The number of rotatable bonds is 29. The van der Waals surface area contributed by atoms with E-state index in [1.165, 1.54) is 91.9 Å². The lowest BCUT2D eigenvalue weighted by Crippen LogP contribution is -2.05. The van der Waals surface area contributed by atoms with Gasteiger partial charge in [0.2, 0.25) is 0 Å². The molecular formula is C60H52N12O25S6. The molecule has 14 N–H and O–H groups in total. The van der Waals surface area contributed by atoms with Gasteiger partial charge in [0, 0.05) is 52.5 Å². The van der Waals surface area contributed by atoms with Gasteiger partial charge >= 0.3 is 0 Å². The van der Waals surface area contributed by atoms with Crippen LogP contribution in [0, 0.1) is 6.92 Å². The molecule has 0 radical (unpaired) electrons. The molecule has 0 unspecified atom stereocenters. The highest BCUT2D eigenvalue weighted by Crippen LogP contribution is 2.51. The average Bonchev–Trinajstić information content (AvgIpc) is 0.777. The van der Waals surface area contributed by atoms with E-state index in [4.69, 9.17) is 14.3 Å². The molecule has 0 aliphatic rings. The Balaban J connectivity index is 0.979. The number of nitrogens with zero attached hydrogens (tertiary/aromatic N) is 10. The molecule has 0 saturated carbocycles. The Morgan fingerprint density at radius 3 is 1.59 bits per heavy atom. The number of aliphatic hydroxyl groups is 2. The van der Waals surface area contributed by atoms with Crippen LogP contribution in [0.3, 0.4) is 0 Å². The fourth-order valence-corrected chi connectivity index (χ4v) is 13.3. The van der Waals surface area contributed by atoms with E-state index in [1.54, 1.807) is 0 Å². The molecule has 0 aliphatic carbocycles. The quantitative estimate of drug-likeness (QED) is 0.00680. The van der Waals surface area contributed by atoms with Gasteiger partial charge in [-0.1, -0.05) is 17.0 Å². The molecule has 0 aromatic heterocycles. The summed E-state index contributed by atoms with van der Waals surface area (Å²) >= 11 is 0.720. The number of aryl methyl sites for hydroxylation is 1. The van der Waals surface area contributed by atoms with E-state index in [0.717, 1.165) is 36.8 Å². The van der Waals surface area contributed by atoms with Gasteiger partial charge in [0.25, 0.3) is 40.5 Å². The van der Waals surface area contributed by atoms with Crippen molar-refractivity contribution in [3.05, 3.63) is 127 Å². The summed E-state index contributed by atoms with van der Waals surface area (Å²) in [6.45, 7) is 2.55. The van der Waals surface area contributed by atoms with Gasteiger partial charge in [0.05, 0.1) is 90.7 Å². The summed E-state index contributed by atoms with van der Waals surface area (Å²) in [5, 5.41) is 139. The van der Waals surface area contributed by atoms with Crippen LogP contribution < -0.4 is 15.4 Å². The van der Waals surface area contributed by atoms with Crippen LogP contribution in [0.4, 0.5) is 68.2 Å². The van der Waals surface area contributed by atoms with E-state index in [2.05, 4.69) is 76.2 Å². The van der Waals surface area contributed by atoms with Gasteiger partial charge in [-0.05, 0) is 144 Å². The molecule has 0 aliphatic heterocycles. The molecule has 10 aromatic carbocycles. The van der Waals surface area contributed by atoms with Gasteiger partial charge in [-0.15, -0.1) is 44.5 Å². The van der Waals surface area contributed by atoms with E-state index in [0.29, 0.717) is 42.4 Å². The zero-order valence-electron chi connectivity index (χ0n) is 52.4. The van der Waals surface area contributed by atoms with Crippen LogP contribution in [0.5, 0.6) is 28.7 Å². The summed E-state index contributed by atoms with van der Waals surface area (Å²) in [5.41, 5.74) is -1.33. The van der Waals surface area contributed by atoms with E-state index in [1.807, 2.05) is 6.92 Å². The molecule has 0 atom stereocenters. The van der Waals surface area contributed by atoms with Crippen LogP contribution in [0.15, 0.2) is 202 Å². The second-order valence-electron chi connectivity index (χ2n) is 21.4. The second kappa shape index (κ2) is 31.6. The molecule has 10 aromatic rings. The third-order valence-corrected chi connectivity index (χ3v) is 19.3. The maximum atomic E-state index is 13.1. The lowest BCUT2D eigenvalue weighted by Gasteiger charge is -2.14. The molecule has 0 saturated heterocycles. The van der Waals surface area contributed by atoms with Crippen molar-refractivity contribution in [3.63, 3.8) is 0 Å². The number of hydrogen-bond donors (Lipinski definition) is 14. The Labute approximate surface area is 589 Å². The molecule has 10 rings (SSSR count). The van der Waals surface area contributed by atoms with Gasteiger partial charge in [-0.3, -0.25) is 18.2 Å². The third kappa shape index (κ3) is 17.3. The van der Waals surface area contributed by atoms with E-state index in [-0.39, 0.29) is 135 Å². The molecule has 0 spiro atoms. The first kappa shape index (κ1) is 75.5. The topological polar surface area (TPSA) is 573 Å². The van der Waals surface area contributed by atoms with Gasteiger partial charge in [-0.25, -0.2) is 10.5 Å². The van der Waals surface area contributed by atoms with Crippen LogP contribution in [-0.2, 0) is 59.2 Å². The van der Waals surface area contributed by atoms with Gasteiger partial charge in [0.1, 0.15) is 62.0 Å². The molecule has 0 bridgehead atoms. The van der Waals surface area contributed by atoms with Crippen molar-refractivity contribution in [3.8, 4) is 28.7 Å². The lowest BCUT2D eigenvalue weighted by molar-refractivity contribution is -0.432. The monoisotopic (exact) mass is 1530 g/mol. The van der Waals surface area contributed by atoms with Gasteiger partial charge in [0.15, 0.2) is 17.2 Å². The number of benzene rings is 10. The Kier molecular flexibility index (Phi) is 23.2. The second-order valence-corrected chi connectivity index (χ2v) is 28.5. The zero-order valence-corrected chi connectivity index (χ0v) is 57.3. The SMILES string of the molecule is CCCNc1ccc(S(=O)(=O)O)c(N=Nc2c(SOOO)cc3cc(N=Nc4c(SOOO)cc5c(N=Nc6ccc7c(O)c(N=Nc8cc(C)c(N=Nc9cc(S(=O)(=O)O)cc%10cc(S(=O)(=O)O)cc(O)c9%10)cc8OCCO)c(S(=O)(=O)O)cc7c6)c(NCCO)ccc5c4O)ccc3c2O)c1. The molecule has 0 heterocycles. The van der Waals surface area contributed by atoms with Crippen LogP contribution in [0.1, 0.15) is 18.9 Å². The van der Waals surface area contributed by atoms with Crippen molar-refractivity contribution in [2.24, 2.45) is 51.1 Å². The normalized spacial score (nSPS) is 12.7. The van der Waals surface area contributed by atoms with Gasteiger partial charge in [-0.2, -0.15) is 49.0 Å². The van der Waals surface area contributed by atoms with Gasteiger partial charge < -0.3 is 46.0 Å². The summed E-state index contributed by atoms with van der Waals surface area (Å²) in [4.78, 5) is -3.30. The number of phenolic OH excluding ortho intramolecular Hbond substituents is 4. The highest BCUT2D eigenvalue weighted by molar-refractivity contribution is 7.95. The summed E-state index contributed by atoms with van der Waals surface area (Å²) in [7, 11) is -20.0. The molecule has 43 heteroatoms. The fourth-order valence-electron chi connectivity index (χ4n) is 10.0. The van der Waals surface area contributed by atoms with E-state index >= 15 is 0 Å². The number of fused-ring (bicyclic) bond motifs is 4. The molecule has 0 fully saturated rings. The van der Waals surface area contributed by atoms with Crippen LogP contribution in [0.25, 0.3) is 43.1 Å². The maximum Gasteiger partial charge on any atom is 0.296 e. The predicted octanol–water partition coefficient (Wildman–Crippen LogP) is 14.9. The van der Waals surface area contributed by atoms with Crippen molar-refractivity contribution >= 4 is 176 Å². The standard InChI is InChI=1S/C60H52N12O25S6/c1-3-12-61-33-6-11-51(102(87,88)89)45(24-33)67-71-55-49(98-96-94-79)22-30-18-34(4-7-38(30)58(55)76)64-70-56-50(99-97-95-80)27-41-40(60(56)78)9-10-42(62-13-14-73)54(41)69-63-35-5-8-39-31(19-35)23-52(103(90,91)92)57(59(39)77)72-66-44-17-29(2)43(28-48(44)93-16-15-74)65-68-46-25-36(100(81,82)83)20-32-21-37(101(84,85)86)26-47(75)53(32)46/h4-11,17-28,61-62,73-80H,3,12-16H2,1-2H3,(H,81,82,83)(H,84,85,86)(H,87,88,89)(H,90,91,92). The number of aromatic hydroxyl groups is 4. The molecule has 538 valence electrons. The van der Waals surface area contributed by atoms with Crippen LogP contribution in [0.2, 0.25) is 0 Å². The third-order valence-electron chi connectivity index (χ3n) is 14.6. The fraction of sp³-hybridized carbons (Fsp3) is 0.133. The van der Waals surface area contributed by atoms with E-state index < -0.39 is 101 Å². The van der Waals surface area contributed by atoms with Crippen LogP contribution >= 0.6 is 24.1 Å². The number of ether oxygens (including phenoxy) is 1. The summed E-state index contributed by atoms with van der Waals surface area (Å²) in [6, 6.07) is 24.3.